The predicted octanol–water partition coefficient (Wildman–Crippen LogP) is 3.62. The lowest BCUT2D eigenvalue weighted by Gasteiger charge is -2.06. The third-order valence-corrected chi connectivity index (χ3v) is 3.55. The molecule has 1 aromatic carbocycles. The number of hydrogen-bond acceptors (Lipinski definition) is 3. The third-order valence-electron chi connectivity index (χ3n) is 3.55. The molecule has 0 fully saturated rings. The molecule has 0 unspecified atom stereocenters. The van der Waals surface area contributed by atoms with Gasteiger partial charge in [-0.3, -0.25) is 4.79 Å². The normalized spacial score (nSPS) is 11.8. The number of carbonyl (C=O) groups excluding carboxylic acids is 2. The molecule has 2 aromatic heterocycles. The number of alkyl halides is 3. The zero-order chi connectivity index (χ0) is 16.8. The number of hydrogen-bond donors (Lipinski definition) is 0. The molecule has 0 amide bonds. The predicted molar refractivity (Wildman–Crippen MR) is 76.6 cm³/mol. The number of pyridine rings is 1. The molecule has 0 bridgehead atoms. The van der Waals surface area contributed by atoms with E-state index in [2.05, 4.69) is 0 Å². The zero-order valence-electron chi connectivity index (χ0n) is 11.8. The summed E-state index contributed by atoms with van der Waals surface area (Å²) in [5.41, 5.74) is 0.632. The highest BCUT2D eigenvalue weighted by Crippen LogP contribution is 2.29. The second kappa shape index (κ2) is 5.12. The van der Waals surface area contributed by atoms with Crippen LogP contribution >= 0.6 is 0 Å². The summed E-state index contributed by atoms with van der Waals surface area (Å²) in [5, 5.41) is 0.538. The van der Waals surface area contributed by atoms with Crippen molar-refractivity contribution in [2.45, 2.75) is 6.18 Å². The van der Waals surface area contributed by atoms with Crippen LogP contribution in [0.1, 0.15) is 20.7 Å². The molecule has 0 aliphatic carbocycles. The van der Waals surface area contributed by atoms with Gasteiger partial charge >= 0.3 is 12.1 Å². The van der Waals surface area contributed by atoms with Crippen molar-refractivity contribution in [2.24, 2.45) is 0 Å². The van der Waals surface area contributed by atoms with Gasteiger partial charge in [0.05, 0.1) is 23.7 Å². The molecular weight excluding hydrogens is 311 g/mol. The molecule has 3 aromatic rings. The summed E-state index contributed by atoms with van der Waals surface area (Å²) in [4.78, 5) is 23.4. The number of ketones is 1. The monoisotopic (exact) mass is 321 g/mol. The summed E-state index contributed by atoms with van der Waals surface area (Å²) in [6.45, 7) is 0. The highest BCUT2D eigenvalue weighted by atomic mass is 19.4. The summed E-state index contributed by atoms with van der Waals surface area (Å²) in [6, 6.07) is 9.07. The molecule has 4 nitrogen and oxygen atoms in total. The zero-order valence-corrected chi connectivity index (χ0v) is 11.8. The second-order valence-electron chi connectivity index (χ2n) is 4.88. The van der Waals surface area contributed by atoms with Crippen LogP contribution in [-0.2, 0) is 4.74 Å². The molecule has 7 heteroatoms. The third kappa shape index (κ3) is 2.34. The van der Waals surface area contributed by atoms with E-state index in [1.54, 1.807) is 24.3 Å². The Morgan fingerprint density at radius 2 is 1.74 bits per heavy atom. The molecule has 0 spiro atoms. The lowest BCUT2D eigenvalue weighted by molar-refractivity contribution is -0.0885. The van der Waals surface area contributed by atoms with Gasteiger partial charge in [-0.1, -0.05) is 18.2 Å². The van der Waals surface area contributed by atoms with Crippen molar-refractivity contribution in [1.29, 1.82) is 0 Å². The number of fused-ring (bicyclic) bond motifs is 3. The molecular formula is C16H10F3NO3. The van der Waals surface area contributed by atoms with Gasteiger partial charge in [-0.05, 0) is 18.2 Å². The Balaban J connectivity index is 2.34. The maximum Gasteiger partial charge on any atom is 0.454 e. The molecule has 0 aliphatic heterocycles. The highest BCUT2D eigenvalue weighted by Gasteiger charge is 2.39. The number of ether oxygens (including phenoxy) is 1. The number of para-hydroxylation sites is 1. The van der Waals surface area contributed by atoms with Gasteiger partial charge in [0.15, 0.2) is 0 Å². The van der Waals surface area contributed by atoms with Crippen LogP contribution in [0.2, 0.25) is 0 Å². The quantitative estimate of drug-likeness (QED) is 0.535. The summed E-state index contributed by atoms with van der Waals surface area (Å²) in [5.74, 6) is -2.53. The average Bonchev–Trinajstić information content (AvgIpc) is 2.86. The van der Waals surface area contributed by atoms with E-state index < -0.39 is 23.5 Å². The van der Waals surface area contributed by atoms with Crippen molar-refractivity contribution in [3.05, 3.63) is 53.7 Å². The number of rotatable bonds is 2. The minimum absolute atomic E-state index is 0.245. The number of carbonyl (C=O) groups is 2. The van der Waals surface area contributed by atoms with Crippen LogP contribution in [0.25, 0.3) is 16.4 Å². The van der Waals surface area contributed by atoms with Crippen LogP contribution < -0.4 is 0 Å². The number of aromatic nitrogens is 1. The van der Waals surface area contributed by atoms with E-state index in [0.717, 1.165) is 12.3 Å². The summed E-state index contributed by atoms with van der Waals surface area (Å²) >= 11 is 0. The number of halogens is 3. The molecule has 23 heavy (non-hydrogen) atoms. The van der Waals surface area contributed by atoms with Crippen molar-refractivity contribution in [3.8, 4) is 0 Å². The molecule has 0 aliphatic rings. The smallest absolute Gasteiger partial charge is 0.454 e. The minimum Gasteiger partial charge on any atom is -0.465 e. The molecule has 118 valence electrons. The second-order valence-corrected chi connectivity index (χ2v) is 4.88. The Hall–Kier alpha value is -2.83. The van der Waals surface area contributed by atoms with Crippen LogP contribution in [0.4, 0.5) is 13.2 Å². The van der Waals surface area contributed by atoms with Gasteiger partial charge in [0.1, 0.15) is 0 Å². The molecule has 3 rings (SSSR count). The van der Waals surface area contributed by atoms with E-state index >= 15 is 0 Å². The highest BCUT2D eigenvalue weighted by molar-refractivity contribution is 6.12. The summed E-state index contributed by atoms with van der Waals surface area (Å²) < 4.78 is 43.9. The Morgan fingerprint density at radius 3 is 2.39 bits per heavy atom. The van der Waals surface area contributed by atoms with Gasteiger partial charge < -0.3 is 9.14 Å². The van der Waals surface area contributed by atoms with E-state index in [1.165, 1.54) is 17.6 Å². The SMILES string of the molecule is COC(=O)c1c2ccccc2n2cc(C(=O)C(F)(F)F)ccc12. The number of esters is 1. The molecule has 0 atom stereocenters. The maximum atomic E-state index is 12.6. The topological polar surface area (TPSA) is 47.8 Å². The van der Waals surface area contributed by atoms with Crippen molar-refractivity contribution in [2.75, 3.05) is 7.11 Å². The molecule has 0 N–H and O–H groups in total. The summed E-state index contributed by atoms with van der Waals surface area (Å²) in [7, 11) is 1.22. The van der Waals surface area contributed by atoms with Gasteiger partial charge in [0, 0.05) is 17.1 Å². The fourth-order valence-corrected chi connectivity index (χ4v) is 2.55. The van der Waals surface area contributed by atoms with Crippen molar-refractivity contribution < 1.29 is 27.5 Å². The van der Waals surface area contributed by atoms with Crippen molar-refractivity contribution in [1.82, 2.24) is 4.40 Å². The van der Waals surface area contributed by atoms with E-state index in [0.29, 0.717) is 16.4 Å². The standard InChI is InChI=1S/C16H10F3NO3/c1-23-15(22)13-10-4-2-3-5-11(10)20-8-9(6-7-12(13)20)14(21)16(17,18)19/h2-8H,1H3. The maximum absolute atomic E-state index is 12.6. The molecule has 0 saturated carbocycles. The van der Waals surface area contributed by atoms with E-state index in [9.17, 15) is 22.8 Å². The number of Topliss-reactive ketones (excluding diaryl/α,β-unsaturated/α-hetero) is 1. The number of methoxy groups -OCH3 is 1. The fraction of sp³-hybridized carbons (Fsp3) is 0.125. The van der Waals surface area contributed by atoms with Gasteiger partial charge in [-0.25, -0.2) is 4.79 Å². The van der Waals surface area contributed by atoms with Crippen LogP contribution in [0.15, 0.2) is 42.6 Å². The first kappa shape index (κ1) is 15.1. The first-order chi connectivity index (χ1) is 10.8. The molecule has 0 radical (unpaired) electrons. The Kier molecular flexibility index (Phi) is 3.35. The van der Waals surface area contributed by atoms with Gasteiger partial charge in [0.25, 0.3) is 5.78 Å². The fourth-order valence-electron chi connectivity index (χ4n) is 2.55. The first-order valence-electron chi connectivity index (χ1n) is 6.57. The largest absolute Gasteiger partial charge is 0.465 e. The van der Waals surface area contributed by atoms with Gasteiger partial charge in [-0.2, -0.15) is 13.2 Å². The molecule has 0 saturated heterocycles. The van der Waals surface area contributed by atoms with Gasteiger partial charge in [-0.15, -0.1) is 0 Å². The number of benzene rings is 1. The lowest BCUT2D eigenvalue weighted by atomic mass is 10.1. The van der Waals surface area contributed by atoms with Crippen LogP contribution in [0.5, 0.6) is 0 Å². The Morgan fingerprint density at radius 1 is 1.04 bits per heavy atom. The van der Waals surface area contributed by atoms with Gasteiger partial charge in [0.2, 0.25) is 0 Å². The minimum atomic E-state index is -4.96. The Bertz CT molecular complexity index is 941. The van der Waals surface area contributed by atoms with Crippen molar-refractivity contribution in [3.63, 3.8) is 0 Å². The van der Waals surface area contributed by atoms with Crippen molar-refractivity contribution >= 4 is 28.2 Å². The molecule has 2 heterocycles. The first-order valence-corrected chi connectivity index (χ1v) is 6.57. The van der Waals surface area contributed by atoms with E-state index in [-0.39, 0.29) is 5.56 Å². The van der Waals surface area contributed by atoms with Crippen LogP contribution in [-0.4, -0.2) is 29.4 Å². The van der Waals surface area contributed by atoms with Crippen LogP contribution in [0.3, 0.4) is 0 Å². The summed E-state index contributed by atoms with van der Waals surface area (Å²) in [6.07, 6.45) is -3.87. The number of nitrogens with zero attached hydrogens (tertiary/aromatic N) is 1. The van der Waals surface area contributed by atoms with E-state index in [4.69, 9.17) is 4.74 Å². The lowest BCUT2D eigenvalue weighted by Crippen LogP contribution is -2.23. The van der Waals surface area contributed by atoms with E-state index in [1.807, 2.05) is 0 Å². The van der Waals surface area contributed by atoms with Crippen LogP contribution in [0, 0.1) is 0 Å². The average molecular weight is 321 g/mol. The Labute approximate surface area is 128 Å².